The van der Waals surface area contributed by atoms with Crippen LogP contribution in [0.5, 0.6) is 0 Å². The number of esters is 1. The number of nitrogens with zero attached hydrogens (tertiary/aromatic N) is 3. The molecule has 4 amide bonds. The lowest BCUT2D eigenvalue weighted by Crippen LogP contribution is -2.47. The van der Waals surface area contributed by atoms with Gasteiger partial charge < -0.3 is 14.5 Å². The van der Waals surface area contributed by atoms with Crippen molar-refractivity contribution >= 4 is 29.6 Å². The standard InChI is InChI=1S/C22H33N3O6/c1-3-31-22(30)15-7-6-11-24(13-15)19(27)14-23(2)18(26)10-12-25-20(28)16-8-4-5-9-17(16)21(25)29/h15-17H,3-14H2,1-2H3. The molecule has 172 valence electrons. The number of hydrogen-bond acceptors (Lipinski definition) is 6. The molecule has 1 saturated carbocycles. The summed E-state index contributed by atoms with van der Waals surface area (Å²) in [5.74, 6) is -1.87. The molecular weight excluding hydrogens is 402 g/mol. The topological polar surface area (TPSA) is 104 Å². The Bertz CT molecular complexity index is 715. The van der Waals surface area contributed by atoms with Crippen LogP contribution in [0.2, 0.25) is 0 Å². The lowest BCUT2D eigenvalue weighted by molar-refractivity contribution is -0.152. The zero-order valence-corrected chi connectivity index (χ0v) is 18.5. The number of carbonyl (C=O) groups is 5. The van der Waals surface area contributed by atoms with Gasteiger partial charge in [0.1, 0.15) is 0 Å². The number of carbonyl (C=O) groups excluding carboxylic acids is 5. The summed E-state index contributed by atoms with van der Waals surface area (Å²) < 4.78 is 5.06. The van der Waals surface area contributed by atoms with E-state index in [0.29, 0.717) is 32.5 Å². The summed E-state index contributed by atoms with van der Waals surface area (Å²) in [6.45, 7) is 2.89. The van der Waals surface area contributed by atoms with Crippen LogP contribution in [0.15, 0.2) is 0 Å². The number of ether oxygens (including phenoxy) is 1. The molecule has 3 aliphatic rings. The number of amides is 4. The van der Waals surface area contributed by atoms with Gasteiger partial charge in [-0.25, -0.2) is 0 Å². The Morgan fingerprint density at radius 2 is 1.68 bits per heavy atom. The predicted molar refractivity (Wildman–Crippen MR) is 110 cm³/mol. The molecule has 2 aliphatic heterocycles. The van der Waals surface area contributed by atoms with Crippen molar-refractivity contribution in [1.29, 1.82) is 0 Å². The van der Waals surface area contributed by atoms with Gasteiger partial charge in [0.05, 0.1) is 30.9 Å². The third kappa shape index (κ3) is 5.25. The molecule has 0 radical (unpaired) electrons. The minimum absolute atomic E-state index is 0.00610. The van der Waals surface area contributed by atoms with E-state index in [1.54, 1.807) is 18.9 Å². The maximum atomic E-state index is 12.6. The third-order valence-corrected chi connectivity index (χ3v) is 6.67. The highest BCUT2D eigenvalue weighted by Gasteiger charge is 2.47. The van der Waals surface area contributed by atoms with Gasteiger partial charge in [-0.15, -0.1) is 0 Å². The molecule has 0 spiro atoms. The van der Waals surface area contributed by atoms with E-state index in [0.717, 1.165) is 25.7 Å². The maximum Gasteiger partial charge on any atom is 0.310 e. The van der Waals surface area contributed by atoms with Crippen molar-refractivity contribution in [1.82, 2.24) is 14.7 Å². The van der Waals surface area contributed by atoms with Gasteiger partial charge in [-0.3, -0.25) is 28.9 Å². The molecule has 0 aromatic carbocycles. The second kappa shape index (κ2) is 10.2. The van der Waals surface area contributed by atoms with Crippen LogP contribution in [0, 0.1) is 17.8 Å². The highest BCUT2D eigenvalue weighted by Crippen LogP contribution is 2.38. The average Bonchev–Trinajstić information content (AvgIpc) is 3.02. The Morgan fingerprint density at radius 1 is 1.03 bits per heavy atom. The number of likely N-dealkylation sites (N-methyl/N-ethyl adjacent to an activating group) is 1. The van der Waals surface area contributed by atoms with Crippen molar-refractivity contribution in [2.24, 2.45) is 17.8 Å². The first kappa shape index (κ1) is 23.2. The van der Waals surface area contributed by atoms with Crippen molar-refractivity contribution in [3.63, 3.8) is 0 Å². The number of hydrogen-bond donors (Lipinski definition) is 0. The first-order chi connectivity index (χ1) is 14.8. The van der Waals surface area contributed by atoms with Crippen molar-refractivity contribution < 1.29 is 28.7 Å². The first-order valence-corrected chi connectivity index (χ1v) is 11.4. The highest BCUT2D eigenvalue weighted by molar-refractivity contribution is 6.05. The molecule has 2 saturated heterocycles. The predicted octanol–water partition coefficient (Wildman–Crippen LogP) is 0.812. The van der Waals surface area contributed by atoms with Crippen molar-refractivity contribution in [2.75, 3.05) is 39.8 Å². The average molecular weight is 436 g/mol. The lowest BCUT2D eigenvalue weighted by Gasteiger charge is -2.32. The lowest BCUT2D eigenvalue weighted by atomic mass is 9.81. The molecule has 0 aromatic heterocycles. The van der Waals surface area contributed by atoms with Crippen molar-refractivity contribution in [2.45, 2.75) is 51.9 Å². The van der Waals surface area contributed by atoms with Gasteiger partial charge in [-0.1, -0.05) is 12.8 Å². The molecule has 3 unspecified atom stereocenters. The Labute approximate surface area is 183 Å². The van der Waals surface area contributed by atoms with Crippen molar-refractivity contribution in [3.05, 3.63) is 0 Å². The number of likely N-dealkylation sites (tertiary alicyclic amines) is 2. The quantitative estimate of drug-likeness (QED) is 0.433. The van der Waals surface area contributed by atoms with Crippen LogP contribution in [0.4, 0.5) is 0 Å². The molecule has 31 heavy (non-hydrogen) atoms. The van der Waals surface area contributed by atoms with Crippen LogP contribution in [0.1, 0.15) is 51.9 Å². The van der Waals surface area contributed by atoms with Gasteiger partial charge >= 0.3 is 5.97 Å². The summed E-state index contributed by atoms with van der Waals surface area (Å²) in [7, 11) is 1.54. The van der Waals surface area contributed by atoms with Crippen LogP contribution >= 0.6 is 0 Å². The summed E-state index contributed by atoms with van der Waals surface area (Å²) >= 11 is 0. The van der Waals surface area contributed by atoms with Gasteiger partial charge in [0.15, 0.2) is 0 Å². The fourth-order valence-electron chi connectivity index (χ4n) is 4.90. The zero-order valence-electron chi connectivity index (χ0n) is 18.5. The minimum Gasteiger partial charge on any atom is -0.466 e. The Hall–Kier alpha value is -2.45. The van der Waals surface area contributed by atoms with E-state index < -0.39 is 0 Å². The Morgan fingerprint density at radius 3 is 2.29 bits per heavy atom. The van der Waals surface area contributed by atoms with Crippen LogP contribution in [-0.2, 0) is 28.7 Å². The molecule has 9 heteroatoms. The zero-order chi connectivity index (χ0) is 22.5. The van der Waals surface area contributed by atoms with Crippen LogP contribution in [-0.4, -0.2) is 84.1 Å². The maximum absolute atomic E-state index is 12.6. The van der Waals surface area contributed by atoms with Crippen LogP contribution in [0.25, 0.3) is 0 Å². The fourth-order valence-corrected chi connectivity index (χ4v) is 4.90. The molecular formula is C22H33N3O6. The monoisotopic (exact) mass is 435 g/mol. The van der Waals surface area contributed by atoms with E-state index >= 15 is 0 Å². The highest BCUT2D eigenvalue weighted by atomic mass is 16.5. The van der Waals surface area contributed by atoms with Crippen LogP contribution in [0.3, 0.4) is 0 Å². The van der Waals surface area contributed by atoms with Gasteiger partial charge in [0, 0.05) is 33.1 Å². The molecule has 0 aromatic rings. The van der Waals surface area contributed by atoms with Gasteiger partial charge in [-0.2, -0.15) is 0 Å². The Kier molecular flexibility index (Phi) is 7.67. The molecule has 0 bridgehead atoms. The molecule has 1 aliphatic carbocycles. The molecule has 3 atom stereocenters. The van der Waals surface area contributed by atoms with Crippen LogP contribution < -0.4 is 0 Å². The number of piperidine rings is 1. The van der Waals surface area contributed by atoms with E-state index in [1.165, 1.54) is 9.80 Å². The summed E-state index contributed by atoms with van der Waals surface area (Å²) in [6, 6.07) is 0. The largest absolute Gasteiger partial charge is 0.466 e. The second-order valence-electron chi connectivity index (χ2n) is 8.76. The Balaban J connectivity index is 1.47. The van der Waals surface area contributed by atoms with E-state index in [2.05, 4.69) is 0 Å². The molecule has 3 rings (SSSR count). The SMILES string of the molecule is CCOC(=O)C1CCCN(C(=O)CN(C)C(=O)CCN2C(=O)C3CCCCC3C2=O)C1. The van der Waals surface area contributed by atoms with Crippen molar-refractivity contribution in [3.8, 4) is 0 Å². The smallest absolute Gasteiger partial charge is 0.310 e. The van der Waals surface area contributed by atoms with E-state index in [1.807, 2.05) is 0 Å². The second-order valence-corrected chi connectivity index (χ2v) is 8.76. The third-order valence-electron chi connectivity index (χ3n) is 6.67. The summed E-state index contributed by atoms with van der Waals surface area (Å²) in [4.78, 5) is 66.4. The molecule has 2 heterocycles. The summed E-state index contributed by atoms with van der Waals surface area (Å²) in [5.41, 5.74) is 0. The van der Waals surface area contributed by atoms with Gasteiger partial charge in [-0.05, 0) is 32.6 Å². The number of imide groups is 1. The van der Waals surface area contributed by atoms with E-state index in [-0.39, 0.29) is 66.9 Å². The number of rotatable bonds is 7. The fraction of sp³-hybridized carbons (Fsp3) is 0.773. The summed E-state index contributed by atoms with van der Waals surface area (Å²) in [5, 5.41) is 0. The minimum atomic E-state index is -0.325. The van der Waals surface area contributed by atoms with E-state index in [4.69, 9.17) is 4.74 Å². The van der Waals surface area contributed by atoms with Gasteiger partial charge in [0.25, 0.3) is 0 Å². The van der Waals surface area contributed by atoms with E-state index in [9.17, 15) is 24.0 Å². The number of fused-ring (bicyclic) bond motifs is 1. The summed E-state index contributed by atoms with van der Waals surface area (Å²) in [6.07, 6.45) is 4.84. The first-order valence-electron chi connectivity index (χ1n) is 11.4. The molecule has 9 nitrogen and oxygen atoms in total. The normalized spacial score (nSPS) is 25.9. The van der Waals surface area contributed by atoms with Gasteiger partial charge in [0.2, 0.25) is 23.6 Å². The molecule has 0 N–H and O–H groups in total. The molecule has 3 fully saturated rings.